The number of carbonyl (C=O) groups is 1. The zero-order valence-corrected chi connectivity index (χ0v) is 12.4. The molecule has 18 heavy (non-hydrogen) atoms. The summed E-state index contributed by atoms with van der Waals surface area (Å²) < 4.78 is 0.935. The summed E-state index contributed by atoms with van der Waals surface area (Å²) in [6.07, 6.45) is 0.906. The van der Waals surface area contributed by atoms with Crippen molar-refractivity contribution in [1.29, 1.82) is 0 Å². The van der Waals surface area contributed by atoms with Gasteiger partial charge < -0.3 is 0 Å². The van der Waals surface area contributed by atoms with Gasteiger partial charge in [-0.1, -0.05) is 45.8 Å². The second-order valence-electron chi connectivity index (χ2n) is 4.08. The molecule has 2 aromatic carbocycles. The molecule has 0 radical (unpaired) electrons. The fraction of sp³-hybridized carbons (Fsp3) is 0.133. The van der Waals surface area contributed by atoms with Crippen molar-refractivity contribution in [2.75, 3.05) is 0 Å². The van der Waals surface area contributed by atoms with E-state index in [1.54, 1.807) is 11.8 Å². The molecule has 0 amide bonds. The van der Waals surface area contributed by atoms with Gasteiger partial charge in [-0.15, -0.1) is 11.8 Å². The quantitative estimate of drug-likeness (QED) is 0.591. The van der Waals surface area contributed by atoms with Crippen LogP contribution in [0.2, 0.25) is 0 Å². The van der Waals surface area contributed by atoms with Gasteiger partial charge in [0.1, 0.15) is 0 Å². The first-order chi connectivity index (χ1) is 8.69. The highest BCUT2D eigenvalue weighted by Gasteiger charge is 2.04. The lowest BCUT2D eigenvalue weighted by Crippen LogP contribution is -1.87. The number of aryl methyl sites for hydroxylation is 1. The Labute approximate surface area is 120 Å². The van der Waals surface area contributed by atoms with E-state index in [2.05, 4.69) is 47.1 Å². The van der Waals surface area contributed by atoms with Gasteiger partial charge in [-0.2, -0.15) is 0 Å². The molecule has 3 heteroatoms. The maximum Gasteiger partial charge on any atom is 0.151 e. The number of rotatable bonds is 4. The smallest absolute Gasteiger partial charge is 0.151 e. The van der Waals surface area contributed by atoms with Crippen molar-refractivity contribution in [3.05, 3.63) is 63.6 Å². The minimum absolute atomic E-state index is 0.738. The normalized spacial score (nSPS) is 10.3. The SMILES string of the molecule is Cc1cccc(CSc2ccc(Br)cc2C=O)c1. The van der Waals surface area contributed by atoms with Crippen LogP contribution in [0.25, 0.3) is 0 Å². The third-order valence-electron chi connectivity index (χ3n) is 2.58. The molecule has 0 aliphatic carbocycles. The topological polar surface area (TPSA) is 17.1 Å². The molecule has 92 valence electrons. The van der Waals surface area contributed by atoms with E-state index in [9.17, 15) is 4.79 Å². The molecule has 0 atom stereocenters. The van der Waals surface area contributed by atoms with Crippen LogP contribution < -0.4 is 0 Å². The van der Waals surface area contributed by atoms with Gasteiger partial charge in [-0.3, -0.25) is 4.79 Å². The minimum atomic E-state index is 0.738. The average Bonchev–Trinajstić information content (AvgIpc) is 2.37. The summed E-state index contributed by atoms with van der Waals surface area (Å²) in [6, 6.07) is 14.2. The summed E-state index contributed by atoms with van der Waals surface area (Å²) in [5, 5.41) is 0. The Morgan fingerprint density at radius 3 is 2.78 bits per heavy atom. The van der Waals surface area contributed by atoms with Gasteiger partial charge in [0.25, 0.3) is 0 Å². The molecule has 0 spiro atoms. The zero-order chi connectivity index (χ0) is 13.0. The molecule has 0 aromatic heterocycles. The molecule has 2 aromatic rings. The van der Waals surface area contributed by atoms with Crippen LogP contribution in [-0.2, 0) is 5.75 Å². The van der Waals surface area contributed by atoms with E-state index >= 15 is 0 Å². The Kier molecular flexibility index (Phi) is 4.61. The highest BCUT2D eigenvalue weighted by Crippen LogP contribution is 2.27. The van der Waals surface area contributed by atoms with Gasteiger partial charge in [0.15, 0.2) is 6.29 Å². The molecule has 0 heterocycles. The lowest BCUT2D eigenvalue weighted by Gasteiger charge is -2.06. The first-order valence-electron chi connectivity index (χ1n) is 5.62. The van der Waals surface area contributed by atoms with Crippen LogP contribution in [0.4, 0.5) is 0 Å². The van der Waals surface area contributed by atoms with Crippen molar-refractivity contribution >= 4 is 34.0 Å². The summed E-state index contributed by atoms with van der Waals surface area (Å²) in [5.74, 6) is 0.879. The minimum Gasteiger partial charge on any atom is -0.298 e. The number of benzene rings is 2. The average molecular weight is 321 g/mol. The fourth-order valence-electron chi connectivity index (χ4n) is 1.71. The molecule has 0 saturated carbocycles. The van der Waals surface area contributed by atoms with Crippen LogP contribution in [0.3, 0.4) is 0 Å². The van der Waals surface area contributed by atoms with Gasteiger partial charge in [0.05, 0.1) is 0 Å². The van der Waals surface area contributed by atoms with Crippen molar-refractivity contribution in [3.63, 3.8) is 0 Å². The summed E-state index contributed by atoms with van der Waals surface area (Å²) in [7, 11) is 0. The van der Waals surface area contributed by atoms with Gasteiger partial charge in [-0.25, -0.2) is 0 Å². The zero-order valence-electron chi connectivity index (χ0n) is 10.0. The second kappa shape index (κ2) is 6.21. The van der Waals surface area contributed by atoms with E-state index in [4.69, 9.17) is 0 Å². The number of hydrogen-bond acceptors (Lipinski definition) is 2. The molecule has 0 saturated heterocycles. The van der Waals surface area contributed by atoms with Crippen molar-refractivity contribution in [1.82, 2.24) is 0 Å². The third-order valence-corrected chi connectivity index (χ3v) is 4.23. The van der Waals surface area contributed by atoms with Crippen LogP contribution in [0.5, 0.6) is 0 Å². The van der Waals surface area contributed by atoms with E-state index in [1.807, 2.05) is 18.2 Å². The van der Waals surface area contributed by atoms with E-state index in [1.165, 1.54) is 11.1 Å². The number of thioether (sulfide) groups is 1. The molecular weight excluding hydrogens is 308 g/mol. The van der Waals surface area contributed by atoms with Crippen LogP contribution >= 0.6 is 27.7 Å². The molecule has 0 aliphatic heterocycles. The number of halogens is 1. The van der Waals surface area contributed by atoms with E-state index in [0.29, 0.717) is 0 Å². The first kappa shape index (κ1) is 13.4. The van der Waals surface area contributed by atoms with Gasteiger partial charge in [0.2, 0.25) is 0 Å². The Balaban J connectivity index is 2.13. The Morgan fingerprint density at radius 2 is 2.06 bits per heavy atom. The van der Waals surface area contributed by atoms with Crippen molar-refractivity contribution < 1.29 is 4.79 Å². The predicted molar refractivity (Wildman–Crippen MR) is 80.3 cm³/mol. The molecule has 1 nitrogen and oxygen atoms in total. The van der Waals surface area contributed by atoms with Crippen molar-refractivity contribution in [2.45, 2.75) is 17.6 Å². The number of carbonyl (C=O) groups excluding carboxylic acids is 1. The van der Waals surface area contributed by atoms with Crippen LogP contribution in [0.1, 0.15) is 21.5 Å². The van der Waals surface area contributed by atoms with Crippen molar-refractivity contribution in [3.8, 4) is 0 Å². The highest BCUT2D eigenvalue weighted by molar-refractivity contribution is 9.10. The summed E-state index contributed by atoms with van der Waals surface area (Å²) in [4.78, 5) is 12.0. The second-order valence-corrected chi connectivity index (χ2v) is 6.01. The first-order valence-corrected chi connectivity index (χ1v) is 7.40. The van der Waals surface area contributed by atoms with Gasteiger partial charge in [0, 0.05) is 20.7 Å². The Bertz CT molecular complexity index is 566. The molecule has 0 fully saturated rings. The molecule has 2 rings (SSSR count). The van der Waals surface area contributed by atoms with Crippen LogP contribution in [0, 0.1) is 6.92 Å². The fourth-order valence-corrected chi connectivity index (χ4v) is 3.02. The maximum atomic E-state index is 11.0. The van der Waals surface area contributed by atoms with Gasteiger partial charge in [-0.05, 0) is 30.7 Å². The van der Waals surface area contributed by atoms with E-state index in [-0.39, 0.29) is 0 Å². The van der Waals surface area contributed by atoms with Crippen LogP contribution in [-0.4, -0.2) is 6.29 Å². The van der Waals surface area contributed by atoms with Crippen LogP contribution in [0.15, 0.2) is 51.8 Å². The van der Waals surface area contributed by atoms with Gasteiger partial charge >= 0.3 is 0 Å². The highest BCUT2D eigenvalue weighted by atomic mass is 79.9. The third kappa shape index (κ3) is 3.47. The number of hydrogen-bond donors (Lipinski definition) is 0. The summed E-state index contributed by atoms with van der Waals surface area (Å²) in [5.41, 5.74) is 3.28. The Hall–Kier alpha value is -1.06. The van der Waals surface area contributed by atoms with E-state index < -0.39 is 0 Å². The molecule has 0 aliphatic rings. The summed E-state index contributed by atoms with van der Waals surface area (Å²) >= 11 is 5.06. The van der Waals surface area contributed by atoms with E-state index in [0.717, 1.165) is 27.0 Å². The molecule has 0 unspecified atom stereocenters. The lowest BCUT2D eigenvalue weighted by molar-refractivity contribution is 0.112. The molecule has 0 bridgehead atoms. The largest absolute Gasteiger partial charge is 0.298 e. The van der Waals surface area contributed by atoms with Crippen molar-refractivity contribution in [2.24, 2.45) is 0 Å². The molecule has 0 N–H and O–H groups in total. The molecular formula is C15H13BrOS. The monoisotopic (exact) mass is 320 g/mol. The summed E-state index contributed by atoms with van der Waals surface area (Å²) in [6.45, 7) is 2.09. The predicted octanol–water partition coefficient (Wildman–Crippen LogP) is 4.86. The number of aldehydes is 1. The Morgan fingerprint density at radius 1 is 1.22 bits per heavy atom. The maximum absolute atomic E-state index is 11.0. The standard InChI is InChI=1S/C15H13BrOS/c1-11-3-2-4-12(7-11)10-18-15-6-5-14(16)8-13(15)9-17/h2-9H,10H2,1H3. The lowest BCUT2D eigenvalue weighted by atomic mass is 10.2.